The second kappa shape index (κ2) is 17.6. The number of nitrogens with zero attached hydrogens (tertiary/aromatic N) is 1. The van der Waals surface area contributed by atoms with Crippen molar-refractivity contribution in [3.63, 3.8) is 0 Å². The molecular formula is C45H43N3O5. The van der Waals surface area contributed by atoms with Crippen LogP contribution in [0, 0.1) is 0 Å². The number of urea groups is 1. The van der Waals surface area contributed by atoms with Crippen LogP contribution in [0.2, 0.25) is 0 Å². The molecule has 6 aromatic rings. The van der Waals surface area contributed by atoms with Crippen LogP contribution in [0.15, 0.2) is 164 Å². The van der Waals surface area contributed by atoms with Crippen LogP contribution in [0.25, 0.3) is 0 Å². The van der Waals surface area contributed by atoms with Gasteiger partial charge in [-0.25, -0.2) is 4.79 Å². The summed E-state index contributed by atoms with van der Waals surface area (Å²) in [6.07, 6.45) is -0.286. The van der Waals surface area contributed by atoms with E-state index in [2.05, 4.69) is 64.1 Å². The molecule has 1 aliphatic heterocycles. The molecule has 8 nitrogen and oxygen atoms in total. The number of carbonyl (C=O) groups excluding carboxylic acids is 1. The first-order valence-electron chi connectivity index (χ1n) is 17.9. The minimum atomic E-state index is -0.619. The van der Waals surface area contributed by atoms with E-state index in [-0.39, 0.29) is 24.8 Å². The standard InChI is InChI=1S/C45H43N3O5/c49-32-35-16-18-36(19-17-35)43-28-42(31-48(29-33-10-4-1-5-11-33)30-34-12-6-2-7-13-34)52-44(53-43)37-20-22-38(23-21-37)46-45(50)47-39-24-26-41(27-25-39)51-40-14-8-3-9-15-40/h1-27,42-44,49H,28-32H2,(H2,46,47,50)/t42-,43+,44+/m1/s1. The minimum Gasteiger partial charge on any atom is -0.457 e. The van der Waals surface area contributed by atoms with Gasteiger partial charge in [0.05, 0.1) is 18.8 Å². The number of para-hydroxylation sites is 1. The predicted molar refractivity (Wildman–Crippen MR) is 207 cm³/mol. The molecule has 7 rings (SSSR count). The van der Waals surface area contributed by atoms with Crippen molar-refractivity contribution < 1.29 is 24.1 Å². The van der Waals surface area contributed by atoms with Gasteiger partial charge in [-0.2, -0.15) is 0 Å². The highest BCUT2D eigenvalue weighted by molar-refractivity contribution is 5.99. The maximum atomic E-state index is 12.9. The molecule has 3 atom stereocenters. The number of benzene rings is 6. The summed E-state index contributed by atoms with van der Waals surface area (Å²) in [5, 5.41) is 15.4. The van der Waals surface area contributed by atoms with Crippen LogP contribution in [0.1, 0.15) is 46.6 Å². The van der Waals surface area contributed by atoms with E-state index in [0.29, 0.717) is 30.1 Å². The molecule has 0 bridgehead atoms. The van der Waals surface area contributed by atoms with E-state index in [9.17, 15) is 9.90 Å². The maximum Gasteiger partial charge on any atom is 0.323 e. The number of amides is 2. The van der Waals surface area contributed by atoms with E-state index in [1.54, 1.807) is 12.1 Å². The molecule has 268 valence electrons. The summed E-state index contributed by atoms with van der Waals surface area (Å²) in [6.45, 7) is 2.26. The Bertz CT molecular complexity index is 1970. The van der Waals surface area contributed by atoms with Crippen LogP contribution < -0.4 is 15.4 Å². The van der Waals surface area contributed by atoms with Crippen molar-refractivity contribution in [2.75, 3.05) is 17.2 Å². The van der Waals surface area contributed by atoms with Crippen LogP contribution in [-0.4, -0.2) is 28.7 Å². The van der Waals surface area contributed by atoms with Gasteiger partial charge in [0, 0.05) is 43.0 Å². The molecule has 0 saturated carbocycles. The first kappa shape index (κ1) is 35.6. The van der Waals surface area contributed by atoms with Gasteiger partial charge in [-0.05, 0) is 70.8 Å². The Morgan fingerprint density at radius 3 is 1.68 bits per heavy atom. The molecule has 6 aromatic carbocycles. The van der Waals surface area contributed by atoms with Crippen molar-refractivity contribution in [1.82, 2.24) is 4.90 Å². The van der Waals surface area contributed by atoms with Crippen LogP contribution in [-0.2, 0) is 29.2 Å². The molecule has 53 heavy (non-hydrogen) atoms. The Kier molecular flexibility index (Phi) is 11.9. The molecule has 1 aliphatic rings. The summed E-state index contributed by atoms with van der Waals surface area (Å²) in [5.74, 6) is 1.42. The summed E-state index contributed by atoms with van der Waals surface area (Å²) in [7, 11) is 0. The molecule has 3 N–H and O–H groups in total. The summed E-state index contributed by atoms with van der Waals surface area (Å²) < 4.78 is 19.2. The van der Waals surface area contributed by atoms with Crippen molar-refractivity contribution in [3.8, 4) is 11.5 Å². The lowest BCUT2D eigenvalue weighted by molar-refractivity contribution is -0.253. The molecule has 0 aromatic heterocycles. The van der Waals surface area contributed by atoms with Crippen LogP contribution in [0.5, 0.6) is 11.5 Å². The Hall–Kier alpha value is -5.77. The fourth-order valence-corrected chi connectivity index (χ4v) is 6.44. The van der Waals surface area contributed by atoms with Crippen molar-refractivity contribution in [2.45, 2.75) is 44.6 Å². The van der Waals surface area contributed by atoms with E-state index in [0.717, 1.165) is 35.5 Å². The fourth-order valence-electron chi connectivity index (χ4n) is 6.44. The van der Waals surface area contributed by atoms with Gasteiger partial charge in [-0.15, -0.1) is 0 Å². The Labute approximate surface area is 310 Å². The average Bonchev–Trinajstić information content (AvgIpc) is 3.20. The number of aliphatic hydroxyl groups excluding tert-OH is 1. The molecule has 1 saturated heterocycles. The lowest BCUT2D eigenvalue weighted by Crippen LogP contribution is -2.39. The zero-order valence-electron chi connectivity index (χ0n) is 29.4. The van der Waals surface area contributed by atoms with Crippen molar-refractivity contribution in [1.29, 1.82) is 0 Å². The minimum absolute atomic E-state index is 0.0114. The first-order valence-corrected chi connectivity index (χ1v) is 17.9. The molecule has 1 heterocycles. The summed E-state index contributed by atoms with van der Waals surface area (Å²) >= 11 is 0. The molecule has 1 fully saturated rings. The lowest BCUT2D eigenvalue weighted by atomic mass is 9.99. The number of aliphatic hydroxyl groups is 1. The smallest absolute Gasteiger partial charge is 0.323 e. The fraction of sp³-hybridized carbons (Fsp3) is 0.178. The van der Waals surface area contributed by atoms with Crippen LogP contribution in [0.3, 0.4) is 0 Å². The van der Waals surface area contributed by atoms with E-state index in [1.807, 2.05) is 103 Å². The lowest BCUT2D eigenvalue weighted by Gasteiger charge is -2.38. The number of hydrogen-bond donors (Lipinski definition) is 3. The monoisotopic (exact) mass is 705 g/mol. The zero-order chi connectivity index (χ0) is 36.2. The van der Waals surface area contributed by atoms with Gasteiger partial charge in [0.2, 0.25) is 0 Å². The Morgan fingerprint density at radius 2 is 1.11 bits per heavy atom. The van der Waals surface area contributed by atoms with E-state index >= 15 is 0 Å². The topological polar surface area (TPSA) is 92.3 Å². The number of anilines is 2. The van der Waals surface area contributed by atoms with Gasteiger partial charge in [-0.3, -0.25) is 4.90 Å². The second-order valence-electron chi connectivity index (χ2n) is 13.1. The third kappa shape index (κ3) is 10.2. The summed E-state index contributed by atoms with van der Waals surface area (Å²) in [6, 6.07) is 52.9. The third-order valence-electron chi connectivity index (χ3n) is 9.11. The average molecular weight is 706 g/mol. The van der Waals surface area contributed by atoms with Crippen LogP contribution in [0.4, 0.5) is 16.2 Å². The zero-order valence-corrected chi connectivity index (χ0v) is 29.4. The predicted octanol–water partition coefficient (Wildman–Crippen LogP) is 9.86. The van der Waals surface area contributed by atoms with Crippen molar-refractivity contribution in [2.24, 2.45) is 0 Å². The highest BCUT2D eigenvalue weighted by atomic mass is 16.7. The number of carbonyl (C=O) groups is 1. The maximum absolute atomic E-state index is 12.9. The molecular weight excluding hydrogens is 663 g/mol. The Balaban J connectivity index is 1.03. The quantitative estimate of drug-likeness (QED) is 0.111. The van der Waals surface area contributed by atoms with Gasteiger partial charge in [-0.1, -0.05) is 115 Å². The number of ether oxygens (including phenoxy) is 3. The first-order chi connectivity index (χ1) is 26.1. The molecule has 0 radical (unpaired) electrons. The second-order valence-corrected chi connectivity index (χ2v) is 13.1. The molecule has 0 unspecified atom stereocenters. The summed E-state index contributed by atoms with van der Waals surface area (Å²) in [4.78, 5) is 15.3. The Morgan fingerprint density at radius 1 is 0.604 bits per heavy atom. The van der Waals surface area contributed by atoms with E-state index < -0.39 is 6.29 Å². The third-order valence-corrected chi connectivity index (χ3v) is 9.11. The SMILES string of the molecule is O=C(Nc1ccc(Oc2ccccc2)cc1)Nc1ccc([C@H]2O[C@@H](CN(Cc3ccccc3)Cc3ccccc3)C[C@@H](c3ccc(CO)cc3)O2)cc1. The molecule has 8 heteroatoms. The van der Waals surface area contributed by atoms with Crippen molar-refractivity contribution in [3.05, 3.63) is 192 Å². The molecule has 2 amide bonds. The van der Waals surface area contributed by atoms with E-state index in [1.165, 1.54) is 11.1 Å². The molecule has 0 aliphatic carbocycles. The van der Waals surface area contributed by atoms with Crippen molar-refractivity contribution >= 4 is 17.4 Å². The molecule has 0 spiro atoms. The number of rotatable bonds is 13. The summed E-state index contributed by atoms with van der Waals surface area (Å²) in [5.41, 5.74) is 6.50. The number of hydrogen-bond acceptors (Lipinski definition) is 6. The van der Waals surface area contributed by atoms with Gasteiger partial charge in [0.25, 0.3) is 0 Å². The highest BCUT2D eigenvalue weighted by Crippen LogP contribution is 2.38. The van der Waals surface area contributed by atoms with Gasteiger partial charge < -0.3 is 30.0 Å². The highest BCUT2D eigenvalue weighted by Gasteiger charge is 2.33. The van der Waals surface area contributed by atoms with Gasteiger partial charge in [0.15, 0.2) is 6.29 Å². The largest absolute Gasteiger partial charge is 0.457 e. The van der Waals surface area contributed by atoms with Crippen LogP contribution >= 0.6 is 0 Å². The van der Waals surface area contributed by atoms with Gasteiger partial charge >= 0.3 is 6.03 Å². The normalized spacial score (nSPS) is 16.9. The number of nitrogens with one attached hydrogen (secondary N) is 2. The van der Waals surface area contributed by atoms with Gasteiger partial charge in [0.1, 0.15) is 11.5 Å². The van der Waals surface area contributed by atoms with E-state index in [4.69, 9.17) is 14.2 Å².